The summed E-state index contributed by atoms with van der Waals surface area (Å²) in [4.78, 5) is 79.7. The Balaban J connectivity index is 1.77. The molecule has 5 atom stereocenters. The Morgan fingerprint density at radius 1 is 0.860 bits per heavy atom. The maximum absolute atomic E-state index is 14.1. The lowest BCUT2D eigenvalue weighted by Crippen LogP contribution is -2.62. The minimum atomic E-state index is -1.10. The van der Waals surface area contributed by atoms with E-state index < -0.39 is 59.1 Å². The second kappa shape index (κ2) is 14.1. The van der Waals surface area contributed by atoms with Gasteiger partial charge < -0.3 is 31.9 Å². The van der Waals surface area contributed by atoms with E-state index in [2.05, 4.69) is 21.3 Å². The van der Waals surface area contributed by atoms with E-state index >= 15 is 0 Å². The van der Waals surface area contributed by atoms with Crippen molar-refractivity contribution in [2.45, 2.75) is 111 Å². The molecule has 1 heterocycles. The van der Waals surface area contributed by atoms with E-state index in [1.54, 1.807) is 0 Å². The van der Waals surface area contributed by atoms with E-state index in [1.807, 2.05) is 48.5 Å². The van der Waals surface area contributed by atoms with Gasteiger partial charge in [0.05, 0.1) is 6.04 Å². The number of hydrogen-bond acceptors (Lipinski definition) is 6. The first-order valence-electron chi connectivity index (χ1n) is 15.8. The number of nitrogens with two attached hydrogens (primary N) is 1. The van der Waals surface area contributed by atoms with Crippen LogP contribution < -0.4 is 27.0 Å². The van der Waals surface area contributed by atoms with E-state index in [1.165, 1.54) is 4.90 Å². The lowest BCUT2D eigenvalue weighted by molar-refractivity contribution is -0.144. The summed E-state index contributed by atoms with van der Waals surface area (Å²) in [5.41, 5.74) is 4.54. The third-order valence-corrected chi connectivity index (χ3v) is 8.88. The highest BCUT2D eigenvalue weighted by atomic mass is 16.2. The monoisotopic (exact) mass is 604 g/mol. The van der Waals surface area contributed by atoms with Gasteiger partial charge in [-0.05, 0) is 60.7 Å². The average Bonchev–Trinajstić information content (AvgIpc) is 3.85. The molecule has 0 bridgehead atoms. The number of nitrogens with one attached hydrogen (secondary N) is 4. The van der Waals surface area contributed by atoms with Crippen LogP contribution in [0, 0.1) is 35.0 Å². The molecule has 3 aliphatic rings. The van der Waals surface area contributed by atoms with E-state index in [0.717, 1.165) is 25.7 Å². The second-order valence-electron chi connectivity index (χ2n) is 14.5. The Bertz CT molecular complexity index is 1080. The first kappa shape index (κ1) is 34.3. The molecule has 12 heteroatoms. The summed E-state index contributed by atoms with van der Waals surface area (Å²) < 4.78 is 0. The number of amides is 6. The summed E-state index contributed by atoms with van der Waals surface area (Å²) in [6.07, 6.45) is 4.91. The van der Waals surface area contributed by atoms with E-state index in [-0.39, 0.29) is 29.6 Å². The number of primary amides is 1. The van der Waals surface area contributed by atoms with Crippen LogP contribution in [-0.4, -0.2) is 77.6 Å². The van der Waals surface area contributed by atoms with Gasteiger partial charge in [-0.25, -0.2) is 4.79 Å². The minimum absolute atomic E-state index is 0.0487. The average molecular weight is 605 g/mol. The molecule has 3 rings (SSSR count). The topological polar surface area (TPSA) is 180 Å². The molecule has 1 aliphatic heterocycles. The van der Waals surface area contributed by atoms with E-state index in [9.17, 15) is 28.8 Å². The van der Waals surface area contributed by atoms with E-state index in [0.29, 0.717) is 31.8 Å². The van der Waals surface area contributed by atoms with Crippen LogP contribution in [-0.2, 0) is 24.0 Å². The van der Waals surface area contributed by atoms with Gasteiger partial charge in [-0.1, -0.05) is 61.3 Å². The summed E-state index contributed by atoms with van der Waals surface area (Å²) in [6.45, 7) is 14.0. The predicted molar refractivity (Wildman–Crippen MR) is 161 cm³/mol. The van der Waals surface area contributed by atoms with Gasteiger partial charge in [0.2, 0.25) is 23.5 Å². The highest BCUT2D eigenvalue weighted by molar-refractivity contribution is 6.37. The number of hydrogen-bond donors (Lipinski definition) is 5. The number of carbonyl (C=O) groups excluding carboxylic acids is 6. The van der Waals surface area contributed by atoms with Gasteiger partial charge in [-0.2, -0.15) is 0 Å². The van der Waals surface area contributed by atoms with Gasteiger partial charge in [0, 0.05) is 13.1 Å². The zero-order chi connectivity index (χ0) is 32.2. The number of urea groups is 1. The molecule has 2 saturated carbocycles. The third kappa shape index (κ3) is 9.40. The maximum atomic E-state index is 14.1. The molecule has 242 valence electrons. The SMILES string of the molecule is CC(C)[C@H](NC(=O)N[C@H](C(=O)N1CC[C@H](C(C)C)[C@H]1C(=O)NC(CC1CC1)C(=O)C(N)=O)C(C)(C)C)C(=O)NCC1CC1. The molecule has 3 fully saturated rings. The van der Waals surface area contributed by atoms with Crippen molar-refractivity contribution in [2.24, 2.45) is 40.7 Å². The Hall–Kier alpha value is -3.18. The van der Waals surface area contributed by atoms with Crippen LogP contribution in [0.1, 0.15) is 87.0 Å². The number of Topliss-reactive ketones (excluding diaryl/α,β-unsaturated/α-hetero) is 1. The first-order chi connectivity index (χ1) is 20.0. The van der Waals surface area contributed by atoms with Gasteiger partial charge in [0.25, 0.3) is 5.91 Å². The largest absolute Gasteiger partial charge is 0.363 e. The van der Waals surface area contributed by atoms with Crippen molar-refractivity contribution in [3.05, 3.63) is 0 Å². The van der Waals surface area contributed by atoms with Crippen molar-refractivity contribution in [1.29, 1.82) is 0 Å². The Morgan fingerprint density at radius 3 is 1.95 bits per heavy atom. The van der Waals surface area contributed by atoms with Gasteiger partial charge in [-0.15, -0.1) is 0 Å². The smallest absolute Gasteiger partial charge is 0.316 e. The van der Waals surface area contributed by atoms with Crippen molar-refractivity contribution in [2.75, 3.05) is 13.1 Å². The number of ketones is 1. The van der Waals surface area contributed by atoms with Crippen LogP contribution in [0.4, 0.5) is 4.79 Å². The Labute approximate surface area is 255 Å². The number of nitrogens with zero attached hydrogens (tertiary/aromatic N) is 1. The van der Waals surface area contributed by atoms with Gasteiger partial charge in [-0.3, -0.25) is 24.0 Å². The number of carbonyl (C=O) groups is 6. The summed E-state index contributed by atoms with van der Waals surface area (Å²) in [5, 5.41) is 11.2. The molecule has 0 aromatic heterocycles. The van der Waals surface area contributed by atoms with Crippen LogP contribution in [0.3, 0.4) is 0 Å². The van der Waals surface area contributed by atoms with Crippen LogP contribution in [0.2, 0.25) is 0 Å². The zero-order valence-corrected chi connectivity index (χ0v) is 26.8. The standard InChI is InChI=1S/C31H52N6O6/c1-16(2)20-12-13-37(23(20)28(41)34-21(14-18-8-9-18)24(38)26(32)39)29(42)25(31(5,6)7)36-30(43)35-22(17(3)4)27(40)33-15-19-10-11-19/h16-23,25H,8-15H2,1-7H3,(H2,32,39)(H,33,40)(H,34,41)(H2,35,36,43)/t20-,21?,22+,23+,25-/m1/s1. The van der Waals surface area contributed by atoms with Crippen LogP contribution in [0.25, 0.3) is 0 Å². The lowest BCUT2D eigenvalue weighted by Gasteiger charge is -2.37. The molecular weight excluding hydrogens is 552 g/mol. The predicted octanol–water partition coefficient (Wildman–Crippen LogP) is 1.46. The molecule has 0 spiro atoms. The molecule has 0 radical (unpaired) electrons. The fourth-order valence-electron chi connectivity index (χ4n) is 5.78. The zero-order valence-electron chi connectivity index (χ0n) is 26.8. The molecule has 43 heavy (non-hydrogen) atoms. The van der Waals surface area contributed by atoms with Gasteiger partial charge in [0.15, 0.2) is 0 Å². The molecule has 6 amide bonds. The Morgan fingerprint density at radius 2 is 1.47 bits per heavy atom. The highest BCUT2D eigenvalue weighted by Gasteiger charge is 2.48. The summed E-state index contributed by atoms with van der Waals surface area (Å²) in [6, 6.07) is -4.36. The van der Waals surface area contributed by atoms with Crippen molar-refractivity contribution in [1.82, 2.24) is 26.2 Å². The molecule has 1 unspecified atom stereocenters. The third-order valence-electron chi connectivity index (χ3n) is 8.88. The highest BCUT2D eigenvalue weighted by Crippen LogP contribution is 2.35. The molecule has 12 nitrogen and oxygen atoms in total. The van der Waals surface area contributed by atoms with Crippen molar-refractivity contribution in [3.63, 3.8) is 0 Å². The second-order valence-corrected chi connectivity index (χ2v) is 14.5. The number of likely N-dealkylation sites (tertiary alicyclic amines) is 1. The van der Waals surface area contributed by atoms with Crippen LogP contribution in [0.5, 0.6) is 0 Å². The Kier molecular flexibility index (Phi) is 11.2. The fraction of sp³-hybridized carbons (Fsp3) is 0.806. The maximum Gasteiger partial charge on any atom is 0.316 e. The fourth-order valence-corrected chi connectivity index (χ4v) is 5.78. The minimum Gasteiger partial charge on any atom is -0.363 e. The number of rotatable bonds is 14. The first-order valence-corrected chi connectivity index (χ1v) is 15.8. The molecular formula is C31H52N6O6. The van der Waals surface area contributed by atoms with Gasteiger partial charge in [0.1, 0.15) is 18.1 Å². The molecule has 2 aliphatic carbocycles. The van der Waals surface area contributed by atoms with Crippen molar-refractivity contribution >= 4 is 35.4 Å². The summed E-state index contributed by atoms with van der Waals surface area (Å²) in [5.74, 6) is -2.73. The quantitative estimate of drug-likeness (QED) is 0.187. The molecule has 0 aromatic rings. The van der Waals surface area contributed by atoms with Crippen LogP contribution in [0.15, 0.2) is 0 Å². The molecule has 1 saturated heterocycles. The summed E-state index contributed by atoms with van der Waals surface area (Å²) in [7, 11) is 0. The normalized spacial score (nSPS) is 22.5. The van der Waals surface area contributed by atoms with Crippen molar-refractivity contribution < 1.29 is 28.8 Å². The van der Waals surface area contributed by atoms with Crippen molar-refractivity contribution in [3.8, 4) is 0 Å². The van der Waals surface area contributed by atoms with E-state index in [4.69, 9.17) is 5.73 Å². The van der Waals surface area contributed by atoms with Crippen LogP contribution >= 0.6 is 0 Å². The lowest BCUT2D eigenvalue weighted by atomic mass is 9.84. The summed E-state index contributed by atoms with van der Waals surface area (Å²) >= 11 is 0. The molecule has 6 N–H and O–H groups in total. The molecule has 0 aromatic carbocycles. The van der Waals surface area contributed by atoms with Gasteiger partial charge >= 0.3 is 6.03 Å².